The summed E-state index contributed by atoms with van der Waals surface area (Å²) < 4.78 is 0.632. The van der Waals surface area contributed by atoms with Gasteiger partial charge in [-0.3, -0.25) is 4.79 Å². The van der Waals surface area contributed by atoms with Gasteiger partial charge in [-0.05, 0) is 52.2 Å². The second-order valence-corrected chi connectivity index (χ2v) is 3.98. The number of benzene rings is 1. The van der Waals surface area contributed by atoms with Gasteiger partial charge in [0.25, 0.3) is 5.24 Å². The molecule has 1 aromatic carbocycles. The Morgan fingerprint density at radius 3 is 2.50 bits per heavy atom. The molecular weight excluding hydrogens is 263 g/mol. The molecule has 1 nitrogen and oxygen atoms in total. The first-order valence-electron chi connectivity index (χ1n) is 3.18. The summed E-state index contributed by atoms with van der Waals surface area (Å²) in [6, 6.07) is 3.49. The molecule has 0 saturated carbocycles. The van der Waals surface area contributed by atoms with Gasteiger partial charge in [-0.25, -0.2) is 0 Å². The highest BCUT2D eigenvalue weighted by Crippen LogP contribution is 2.27. The molecule has 1 rings (SSSR count). The van der Waals surface area contributed by atoms with Crippen molar-refractivity contribution in [1.29, 1.82) is 0 Å². The number of carbonyl (C=O) groups is 1. The molecule has 0 amide bonds. The Bertz CT molecular complexity index is 313. The summed E-state index contributed by atoms with van der Waals surface area (Å²) in [7, 11) is 0. The predicted octanol–water partition coefficient (Wildman–Crippen LogP) is 3.79. The predicted molar refractivity (Wildman–Crippen MR) is 54.1 cm³/mol. The third-order valence-electron chi connectivity index (χ3n) is 1.38. The van der Waals surface area contributed by atoms with Crippen molar-refractivity contribution in [2.75, 3.05) is 0 Å². The zero-order valence-corrected chi connectivity index (χ0v) is 9.29. The largest absolute Gasteiger partial charge is 0.276 e. The fourth-order valence-electron chi connectivity index (χ4n) is 0.888. The van der Waals surface area contributed by atoms with Crippen molar-refractivity contribution in [3.05, 3.63) is 32.8 Å². The van der Waals surface area contributed by atoms with Crippen molar-refractivity contribution < 1.29 is 4.79 Å². The van der Waals surface area contributed by atoms with E-state index in [1.807, 2.05) is 6.92 Å². The molecule has 4 heteroatoms. The quantitative estimate of drug-likeness (QED) is 0.708. The van der Waals surface area contributed by atoms with Gasteiger partial charge in [0.15, 0.2) is 0 Å². The van der Waals surface area contributed by atoms with E-state index >= 15 is 0 Å². The van der Waals surface area contributed by atoms with Crippen LogP contribution < -0.4 is 0 Å². The molecule has 0 bridgehead atoms. The van der Waals surface area contributed by atoms with Crippen molar-refractivity contribution in [2.24, 2.45) is 0 Å². The highest BCUT2D eigenvalue weighted by atomic mass is 79.9. The number of hydrogen-bond acceptors (Lipinski definition) is 1. The van der Waals surface area contributed by atoms with Crippen LogP contribution in [0.3, 0.4) is 0 Å². The fourth-order valence-corrected chi connectivity index (χ4v) is 2.48. The summed E-state index contributed by atoms with van der Waals surface area (Å²) in [6.07, 6.45) is 0. The molecule has 0 aliphatic rings. The zero-order chi connectivity index (χ0) is 9.30. The third kappa shape index (κ3) is 2.00. The Morgan fingerprint density at radius 2 is 2.08 bits per heavy atom. The molecule has 0 heterocycles. The van der Waals surface area contributed by atoms with Crippen LogP contribution in [-0.4, -0.2) is 5.24 Å². The van der Waals surface area contributed by atoms with E-state index in [0.717, 1.165) is 5.56 Å². The Kier molecular flexibility index (Phi) is 3.16. The number of rotatable bonds is 1. The van der Waals surface area contributed by atoms with Gasteiger partial charge in [-0.15, -0.1) is 0 Å². The van der Waals surface area contributed by atoms with Crippen LogP contribution in [0.15, 0.2) is 16.6 Å². The summed E-state index contributed by atoms with van der Waals surface area (Å²) >= 11 is 14.3. The molecule has 0 radical (unpaired) electrons. The average Bonchev–Trinajstić information content (AvgIpc) is 1.82. The number of carbonyl (C=O) groups excluding carboxylic acids is 1. The first-order chi connectivity index (χ1) is 5.52. The molecule has 64 valence electrons. The third-order valence-corrected chi connectivity index (χ3v) is 2.50. The summed E-state index contributed by atoms with van der Waals surface area (Å²) in [5, 5.41) is -0.172. The Morgan fingerprint density at radius 1 is 1.50 bits per heavy atom. The van der Waals surface area contributed by atoms with Crippen LogP contribution in [-0.2, 0) is 0 Å². The van der Waals surface area contributed by atoms with Crippen LogP contribution in [0.5, 0.6) is 0 Å². The molecule has 12 heavy (non-hydrogen) atoms. The van der Waals surface area contributed by atoms with E-state index in [1.54, 1.807) is 12.1 Å². The van der Waals surface area contributed by atoms with E-state index in [2.05, 4.69) is 15.9 Å². The Balaban J connectivity index is 3.38. The van der Waals surface area contributed by atoms with Gasteiger partial charge in [-0.1, -0.05) is 11.6 Å². The smallest absolute Gasteiger partial charge is 0.255 e. The van der Waals surface area contributed by atoms with Crippen molar-refractivity contribution in [2.45, 2.75) is 6.92 Å². The lowest BCUT2D eigenvalue weighted by Gasteiger charge is -2.02. The molecule has 0 fully saturated rings. The van der Waals surface area contributed by atoms with Gasteiger partial charge < -0.3 is 0 Å². The number of halogens is 3. The molecule has 0 aliphatic carbocycles. The summed E-state index contributed by atoms with van der Waals surface area (Å²) in [5.41, 5.74) is 1.30. The van der Waals surface area contributed by atoms with Gasteiger partial charge in [0.05, 0.1) is 10.6 Å². The lowest BCUT2D eigenvalue weighted by molar-refractivity contribution is 0.108. The Hall–Kier alpha value is -0.0500. The molecule has 0 N–H and O–H groups in total. The van der Waals surface area contributed by atoms with Gasteiger partial charge in [0, 0.05) is 4.47 Å². The maximum atomic E-state index is 10.8. The van der Waals surface area contributed by atoms with Crippen molar-refractivity contribution in [3.8, 4) is 0 Å². The summed E-state index contributed by atoms with van der Waals surface area (Å²) in [5.74, 6) is 0. The molecular formula is C8H5BrCl2O. The fraction of sp³-hybridized carbons (Fsp3) is 0.125. The van der Waals surface area contributed by atoms with E-state index in [-0.39, 0.29) is 0 Å². The number of hydrogen-bond donors (Lipinski definition) is 0. The molecule has 1 aromatic rings. The minimum atomic E-state index is -0.549. The van der Waals surface area contributed by atoms with Crippen LogP contribution in [0.2, 0.25) is 5.02 Å². The maximum Gasteiger partial charge on any atom is 0.255 e. The van der Waals surface area contributed by atoms with Crippen molar-refractivity contribution in [1.82, 2.24) is 0 Å². The summed E-state index contributed by atoms with van der Waals surface area (Å²) in [6.45, 7) is 1.89. The highest BCUT2D eigenvalue weighted by molar-refractivity contribution is 9.10. The first kappa shape index (κ1) is 10.0. The van der Waals surface area contributed by atoms with Crippen LogP contribution >= 0.6 is 39.1 Å². The van der Waals surface area contributed by atoms with Crippen molar-refractivity contribution in [3.63, 3.8) is 0 Å². The second-order valence-electron chi connectivity index (χ2n) is 2.38. The van der Waals surface area contributed by atoms with Crippen LogP contribution in [0, 0.1) is 6.92 Å². The molecule has 0 saturated heterocycles. The van der Waals surface area contributed by atoms with E-state index in [9.17, 15) is 4.79 Å². The van der Waals surface area contributed by atoms with Crippen LogP contribution in [0.1, 0.15) is 15.9 Å². The van der Waals surface area contributed by atoms with Gasteiger partial charge in [0.1, 0.15) is 0 Å². The second kappa shape index (κ2) is 3.77. The normalized spacial score (nSPS) is 10.0. The minimum absolute atomic E-state index is 0.323. The topological polar surface area (TPSA) is 17.1 Å². The molecule has 0 atom stereocenters. The van der Waals surface area contributed by atoms with Crippen LogP contribution in [0.4, 0.5) is 0 Å². The first-order valence-corrected chi connectivity index (χ1v) is 4.72. The lowest BCUT2D eigenvalue weighted by Crippen LogP contribution is -1.92. The number of aryl methyl sites for hydroxylation is 1. The van der Waals surface area contributed by atoms with Gasteiger partial charge in [0.2, 0.25) is 0 Å². The SMILES string of the molecule is Cc1cc(Cl)c(C(=O)Cl)c(Br)c1. The van der Waals surface area contributed by atoms with E-state index < -0.39 is 5.24 Å². The molecule has 0 aliphatic heterocycles. The molecule has 0 unspecified atom stereocenters. The van der Waals surface area contributed by atoms with Gasteiger partial charge in [-0.2, -0.15) is 0 Å². The highest BCUT2D eigenvalue weighted by Gasteiger charge is 2.12. The minimum Gasteiger partial charge on any atom is -0.276 e. The monoisotopic (exact) mass is 266 g/mol. The van der Waals surface area contributed by atoms with Gasteiger partial charge >= 0.3 is 0 Å². The molecule has 0 spiro atoms. The zero-order valence-electron chi connectivity index (χ0n) is 6.20. The van der Waals surface area contributed by atoms with E-state index in [0.29, 0.717) is 15.1 Å². The van der Waals surface area contributed by atoms with E-state index in [1.165, 1.54) is 0 Å². The standard InChI is InChI=1S/C8H5BrCl2O/c1-4-2-5(9)7(8(11)12)6(10)3-4/h2-3H,1H3. The average molecular weight is 268 g/mol. The maximum absolute atomic E-state index is 10.8. The van der Waals surface area contributed by atoms with Crippen molar-refractivity contribution >= 4 is 44.4 Å². The molecule has 0 aromatic heterocycles. The van der Waals surface area contributed by atoms with Crippen LogP contribution in [0.25, 0.3) is 0 Å². The summed E-state index contributed by atoms with van der Waals surface area (Å²) in [4.78, 5) is 10.8. The van der Waals surface area contributed by atoms with E-state index in [4.69, 9.17) is 23.2 Å². The Labute approximate surface area is 88.8 Å². The lowest BCUT2D eigenvalue weighted by atomic mass is 10.2.